The smallest absolute Gasteiger partial charge is 0.225 e. The molecule has 14 heteroatoms. The van der Waals surface area contributed by atoms with Crippen LogP contribution in [-0.4, -0.2) is 135 Å². The number of carbonyl (C=O) groups is 1. The topological polar surface area (TPSA) is 163 Å². The van der Waals surface area contributed by atoms with Gasteiger partial charge in [-0.15, -0.1) is 0 Å². The predicted molar refractivity (Wildman–Crippen MR) is 168 cm³/mol. The lowest BCUT2D eigenvalue weighted by atomic mass is 9.92. The lowest BCUT2D eigenvalue weighted by Crippen LogP contribution is -2.51. The molecule has 0 radical (unpaired) electrons. The van der Waals surface area contributed by atoms with Gasteiger partial charge < -0.3 is 40.0 Å². The molecule has 254 valence electrons. The number of halogens is 2. The Labute approximate surface area is 273 Å². The summed E-state index contributed by atoms with van der Waals surface area (Å²) in [5, 5.41) is 49.8. The predicted octanol–water partition coefficient (Wildman–Crippen LogP) is 1.03. The maximum atomic E-state index is 15.3. The molecule has 3 saturated heterocycles. The summed E-state index contributed by atoms with van der Waals surface area (Å²) < 4.78 is 21.2. The number of aliphatic hydroxyl groups excluding tert-OH is 5. The van der Waals surface area contributed by atoms with E-state index in [4.69, 9.17) is 21.4 Å². The Balaban J connectivity index is 1.07. The molecule has 3 aliphatic heterocycles. The maximum absolute atomic E-state index is 15.3. The first-order valence-electron chi connectivity index (χ1n) is 16.1. The van der Waals surface area contributed by atoms with E-state index in [-0.39, 0.29) is 24.1 Å². The molecule has 0 aliphatic carbocycles. The Hall–Kier alpha value is -2.49. The van der Waals surface area contributed by atoms with Gasteiger partial charge in [0.2, 0.25) is 5.95 Å². The number of benzene rings is 1. The van der Waals surface area contributed by atoms with Crippen molar-refractivity contribution in [3.63, 3.8) is 0 Å². The third kappa shape index (κ3) is 8.32. The highest BCUT2D eigenvalue weighted by molar-refractivity contribution is 6.30. The first-order valence-corrected chi connectivity index (χ1v) is 16.5. The Morgan fingerprint density at radius 1 is 1.02 bits per heavy atom. The fourth-order valence-corrected chi connectivity index (χ4v) is 7.19. The molecular weight excluding hydrogens is 621 g/mol. The monoisotopic (exact) mass is 665 g/mol. The minimum atomic E-state index is -1.69. The van der Waals surface area contributed by atoms with Gasteiger partial charge in [-0.3, -0.25) is 9.80 Å². The molecule has 5 N–H and O–H groups in total. The molecule has 46 heavy (non-hydrogen) atoms. The van der Waals surface area contributed by atoms with Gasteiger partial charge in [-0.1, -0.05) is 17.7 Å². The molecule has 4 heterocycles. The normalized spacial score (nSPS) is 24.4. The van der Waals surface area contributed by atoms with Crippen molar-refractivity contribution in [2.45, 2.75) is 68.6 Å². The number of aliphatic hydroxyl groups is 5. The SMILES string of the molecule is O=CC(c1ccc(OCCCC2CCN(c3ncc(Cl)cn3)CC2)cc1F)N1C[C@@H]2CCN(C[C@H](O)[C@@H](O)[C@H](O)[C@H](O)CO)[C@@H]2C1. The lowest BCUT2D eigenvalue weighted by molar-refractivity contribution is -0.120. The van der Waals surface area contributed by atoms with Crippen LogP contribution in [0.3, 0.4) is 0 Å². The Morgan fingerprint density at radius 3 is 2.41 bits per heavy atom. The first-order chi connectivity index (χ1) is 22.2. The Morgan fingerprint density at radius 2 is 1.74 bits per heavy atom. The van der Waals surface area contributed by atoms with Crippen LogP contribution in [-0.2, 0) is 4.79 Å². The van der Waals surface area contributed by atoms with Gasteiger partial charge in [-0.05, 0) is 56.6 Å². The minimum Gasteiger partial charge on any atom is -0.493 e. The summed E-state index contributed by atoms with van der Waals surface area (Å²) in [5.74, 6) is 1.40. The first kappa shape index (κ1) is 34.8. The van der Waals surface area contributed by atoms with Gasteiger partial charge in [0.15, 0.2) is 0 Å². The van der Waals surface area contributed by atoms with E-state index in [1.165, 1.54) is 6.07 Å². The standard InChI is InChI=1S/C32H45ClFN5O7/c33-22-13-35-32(36-14-22)37-8-5-20(6-9-37)2-1-11-46-23-3-4-24(25(34)12-23)27(18-40)39-15-21-7-10-38(26(21)16-39)17-28(42)30(44)31(45)29(43)19-41/h3-4,12-14,18,20-21,26-31,41-45H,1-2,5-11,15-17,19H2/t21-,26+,27?,28-,29+,30+,31+/m0/s1. The lowest BCUT2D eigenvalue weighted by Gasteiger charge is -2.32. The van der Waals surface area contributed by atoms with Crippen LogP contribution in [0.25, 0.3) is 0 Å². The van der Waals surface area contributed by atoms with Gasteiger partial charge in [0.1, 0.15) is 36.2 Å². The zero-order valence-electron chi connectivity index (χ0n) is 25.8. The van der Waals surface area contributed by atoms with Crippen LogP contribution in [0.1, 0.15) is 43.7 Å². The highest BCUT2D eigenvalue weighted by atomic mass is 35.5. The van der Waals surface area contributed by atoms with Crippen LogP contribution < -0.4 is 9.64 Å². The number of likely N-dealkylation sites (tertiary alicyclic amines) is 2. The van der Waals surface area contributed by atoms with Crippen molar-refractivity contribution in [1.29, 1.82) is 0 Å². The third-order valence-electron chi connectivity index (χ3n) is 9.78. The molecule has 3 aliphatic rings. The summed E-state index contributed by atoms with van der Waals surface area (Å²) in [4.78, 5) is 26.9. The van der Waals surface area contributed by atoms with Crippen LogP contribution in [0.4, 0.5) is 10.3 Å². The zero-order chi connectivity index (χ0) is 32.8. The molecule has 0 amide bonds. The van der Waals surface area contributed by atoms with Crippen molar-refractivity contribution in [2.75, 3.05) is 57.4 Å². The number of rotatable bonds is 15. The second kappa shape index (κ2) is 16.1. The van der Waals surface area contributed by atoms with Crippen LogP contribution in [0.2, 0.25) is 5.02 Å². The molecule has 7 atom stereocenters. The van der Waals surface area contributed by atoms with Gasteiger partial charge in [-0.25, -0.2) is 14.4 Å². The van der Waals surface area contributed by atoms with E-state index in [0.29, 0.717) is 48.9 Å². The molecule has 0 bridgehead atoms. The molecule has 1 unspecified atom stereocenters. The summed E-state index contributed by atoms with van der Waals surface area (Å²) in [6.45, 7) is 3.28. The van der Waals surface area contributed by atoms with E-state index in [1.54, 1.807) is 24.5 Å². The summed E-state index contributed by atoms with van der Waals surface area (Å²) in [7, 11) is 0. The zero-order valence-corrected chi connectivity index (χ0v) is 26.6. The molecule has 3 fully saturated rings. The summed E-state index contributed by atoms with van der Waals surface area (Å²) in [6.07, 6.45) is 2.49. The van der Waals surface area contributed by atoms with Crippen LogP contribution in [0.15, 0.2) is 30.6 Å². The largest absolute Gasteiger partial charge is 0.493 e. The number of carbonyl (C=O) groups excluding carboxylic acids is 1. The highest BCUT2D eigenvalue weighted by Gasteiger charge is 2.45. The molecule has 0 spiro atoms. The van der Waals surface area contributed by atoms with E-state index in [9.17, 15) is 25.2 Å². The van der Waals surface area contributed by atoms with Crippen molar-refractivity contribution in [1.82, 2.24) is 19.8 Å². The number of nitrogens with zero attached hydrogens (tertiary/aromatic N) is 5. The number of aromatic nitrogens is 2. The van der Waals surface area contributed by atoms with E-state index >= 15 is 4.39 Å². The number of hydrogen-bond donors (Lipinski definition) is 5. The molecule has 12 nitrogen and oxygen atoms in total. The fraction of sp³-hybridized carbons (Fsp3) is 0.656. The van der Waals surface area contributed by atoms with Crippen molar-refractivity contribution in [3.05, 3.63) is 47.0 Å². The molecule has 1 aromatic carbocycles. The van der Waals surface area contributed by atoms with Crippen LogP contribution in [0.5, 0.6) is 5.75 Å². The number of piperidine rings is 1. The molecule has 1 aromatic heterocycles. The number of hydrogen-bond acceptors (Lipinski definition) is 12. The van der Waals surface area contributed by atoms with E-state index < -0.39 is 42.9 Å². The van der Waals surface area contributed by atoms with Gasteiger partial charge in [-0.2, -0.15) is 0 Å². The number of anilines is 1. The number of β-amino-alcohol motifs (C(OH)–C–C–N with tert-alkyl or cyclic N) is 1. The molecule has 0 saturated carbocycles. The Bertz CT molecular complexity index is 1270. The third-order valence-corrected chi connectivity index (χ3v) is 9.98. The second-order valence-corrected chi connectivity index (χ2v) is 13.2. The minimum absolute atomic E-state index is 0.0205. The van der Waals surface area contributed by atoms with Gasteiger partial charge >= 0.3 is 0 Å². The van der Waals surface area contributed by atoms with Gasteiger partial charge in [0.05, 0.1) is 42.8 Å². The maximum Gasteiger partial charge on any atom is 0.225 e. The van der Waals surface area contributed by atoms with Crippen molar-refractivity contribution in [2.24, 2.45) is 11.8 Å². The van der Waals surface area contributed by atoms with Crippen molar-refractivity contribution in [3.8, 4) is 5.75 Å². The van der Waals surface area contributed by atoms with E-state index in [2.05, 4.69) is 14.9 Å². The van der Waals surface area contributed by atoms with E-state index in [1.807, 2.05) is 9.80 Å². The average molecular weight is 666 g/mol. The Kier molecular flexibility index (Phi) is 12.2. The van der Waals surface area contributed by atoms with Crippen LogP contribution in [0, 0.1) is 17.7 Å². The van der Waals surface area contributed by atoms with Crippen LogP contribution >= 0.6 is 11.6 Å². The average Bonchev–Trinajstić information content (AvgIpc) is 3.65. The molecule has 2 aromatic rings. The highest BCUT2D eigenvalue weighted by Crippen LogP contribution is 2.37. The second-order valence-electron chi connectivity index (χ2n) is 12.8. The van der Waals surface area contributed by atoms with Gasteiger partial charge in [0.25, 0.3) is 0 Å². The molecular formula is C32H45ClFN5O7. The van der Waals surface area contributed by atoms with Crippen molar-refractivity contribution < 1.29 is 39.5 Å². The quantitative estimate of drug-likeness (QED) is 0.136. The van der Waals surface area contributed by atoms with Gasteiger partial charge in [0, 0.05) is 50.4 Å². The number of ether oxygens (including phenoxy) is 1. The summed E-state index contributed by atoms with van der Waals surface area (Å²) in [5.41, 5.74) is 0.280. The molecule has 5 rings (SSSR count). The summed E-state index contributed by atoms with van der Waals surface area (Å²) >= 11 is 5.89. The van der Waals surface area contributed by atoms with E-state index in [0.717, 1.165) is 51.5 Å². The van der Waals surface area contributed by atoms with Crippen molar-refractivity contribution >= 4 is 23.8 Å². The number of fused-ring (bicyclic) bond motifs is 1. The fourth-order valence-electron chi connectivity index (χ4n) is 7.09. The number of aldehydes is 1. The summed E-state index contributed by atoms with van der Waals surface area (Å²) in [6, 6.07) is 3.85.